The van der Waals surface area contributed by atoms with Gasteiger partial charge in [-0.15, -0.1) is 0 Å². The number of nitrogens with zero attached hydrogens (tertiary/aromatic N) is 2. The zero-order valence-electron chi connectivity index (χ0n) is 14.1. The van der Waals surface area contributed by atoms with E-state index < -0.39 is 0 Å². The van der Waals surface area contributed by atoms with Crippen molar-refractivity contribution < 1.29 is 14.4 Å². The molecule has 1 aliphatic heterocycles. The van der Waals surface area contributed by atoms with E-state index in [1.54, 1.807) is 42.3 Å². The van der Waals surface area contributed by atoms with Crippen LogP contribution in [0.2, 0.25) is 5.02 Å². The summed E-state index contributed by atoms with van der Waals surface area (Å²) in [6, 6.07) is 14.4. The van der Waals surface area contributed by atoms with Gasteiger partial charge in [-0.2, -0.15) is 0 Å². The Morgan fingerprint density at radius 1 is 1.19 bits per heavy atom. The molecular formula is C19H17ClN2O3S. The number of hydrogen-bond donors (Lipinski definition) is 0. The molecular weight excluding hydrogens is 372 g/mol. The Labute approximate surface area is 160 Å². The molecule has 3 amide bonds. The summed E-state index contributed by atoms with van der Waals surface area (Å²) in [6.07, 6.45) is 0. The summed E-state index contributed by atoms with van der Waals surface area (Å²) in [5.74, 6) is -0.175. The van der Waals surface area contributed by atoms with Crippen molar-refractivity contribution in [3.63, 3.8) is 0 Å². The summed E-state index contributed by atoms with van der Waals surface area (Å²) < 4.78 is 0. The minimum atomic E-state index is -0.248. The van der Waals surface area contributed by atoms with Gasteiger partial charge in [-0.05, 0) is 29.3 Å². The highest BCUT2D eigenvalue weighted by molar-refractivity contribution is 8.14. The average Bonchev–Trinajstić information content (AvgIpc) is 2.95. The van der Waals surface area contributed by atoms with Gasteiger partial charge in [0.1, 0.15) is 0 Å². The standard InChI is InChI=1S/C19H17ClN2O3S/c1-21(11-15-6-2-3-8-16(15)20)18(24)14-7-4-5-13(9-14)10-22-17(23)12-26-19(22)25/h2-9H,10-12H2,1H3. The van der Waals surface area contributed by atoms with Gasteiger partial charge in [0.05, 0.1) is 12.3 Å². The molecule has 1 fully saturated rings. The molecule has 0 atom stereocenters. The number of imide groups is 1. The van der Waals surface area contributed by atoms with E-state index in [1.807, 2.05) is 18.2 Å². The van der Waals surface area contributed by atoms with E-state index >= 15 is 0 Å². The van der Waals surface area contributed by atoms with Gasteiger partial charge in [-0.25, -0.2) is 0 Å². The van der Waals surface area contributed by atoms with Crippen LogP contribution in [0, 0.1) is 0 Å². The van der Waals surface area contributed by atoms with Gasteiger partial charge in [-0.3, -0.25) is 19.3 Å². The van der Waals surface area contributed by atoms with Crippen molar-refractivity contribution in [2.75, 3.05) is 12.8 Å². The molecule has 0 unspecified atom stereocenters. The van der Waals surface area contributed by atoms with Crippen molar-refractivity contribution in [2.45, 2.75) is 13.1 Å². The molecule has 0 aromatic heterocycles. The highest BCUT2D eigenvalue weighted by atomic mass is 35.5. The molecule has 0 aliphatic carbocycles. The van der Waals surface area contributed by atoms with Crippen molar-refractivity contribution in [2.24, 2.45) is 0 Å². The lowest BCUT2D eigenvalue weighted by Crippen LogP contribution is -2.28. The van der Waals surface area contributed by atoms with Crippen molar-refractivity contribution in [1.82, 2.24) is 9.80 Å². The summed E-state index contributed by atoms with van der Waals surface area (Å²) in [6.45, 7) is 0.572. The summed E-state index contributed by atoms with van der Waals surface area (Å²) in [7, 11) is 1.71. The molecule has 0 bridgehead atoms. The van der Waals surface area contributed by atoms with Crippen LogP contribution in [0.4, 0.5) is 4.79 Å². The minimum Gasteiger partial charge on any atom is -0.337 e. The molecule has 134 valence electrons. The molecule has 1 heterocycles. The summed E-state index contributed by atoms with van der Waals surface area (Å²) >= 11 is 7.16. The van der Waals surface area contributed by atoms with E-state index in [4.69, 9.17) is 11.6 Å². The van der Waals surface area contributed by atoms with Crippen LogP contribution in [0.5, 0.6) is 0 Å². The molecule has 0 spiro atoms. The SMILES string of the molecule is CN(Cc1ccccc1Cl)C(=O)c1cccc(CN2C(=O)CSC2=O)c1. The van der Waals surface area contributed by atoms with Gasteiger partial charge in [0.2, 0.25) is 5.91 Å². The third-order valence-electron chi connectivity index (χ3n) is 4.07. The number of hydrogen-bond acceptors (Lipinski definition) is 4. The first kappa shape index (κ1) is 18.5. The molecule has 1 saturated heterocycles. The lowest BCUT2D eigenvalue weighted by Gasteiger charge is -2.19. The predicted molar refractivity (Wildman–Crippen MR) is 102 cm³/mol. The van der Waals surface area contributed by atoms with E-state index in [0.717, 1.165) is 22.9 Å². The zero-order chi connectivity index (χ0) is 18.7. The fourth-order valence-electron chi connectivity index (χ4n) is 2.69. The second-order valence-electron chi connectivity index (χ2n) is 5.99. The van der Waals surface area contributed by atoms with Crippen molar-refractivity contribution in [3.8, 4) is 0 Å². The number of thioether (sulfide) groups is 1. The van der Waals surface area contributed by atoms with Crippen LogP contribution >= 0.6 is 23.4 Å². The van der Waals surface area contributed by atoms with Crippen LogP contribution in [0.15, 0.2) is 48.5 Å². The van der Waals surface area contributed by atoms with Crippen molar-refractivity contribution in [3.05, 3.63) is 70.2 Å². The van der Waals surface area contributed by atoms with E-state index in [0.29, 0.717) is 17.1 Å². The summed E-state index contributed by atoms with van der Waals surface area (Å²) in [5, 5.41) is 0.368. The summed E-state index contributed by atoms with van der Waals surface area (Å²) in [4.78, 5) is 39.0. The Balaban J connectivity index is 1.72. The molecule has 0 radical (unpaired) electrons. The molecule has 0 saturated carbocycles. The highest BCUT2D eigenvalue weighted by Crippen LogP contribution is 2.22. The van der Waals surface area contributed by atoms with Gasteiger partial charge >= 0.3 is 0 Å². The van der Waals surface area contributed by atoms with Crippen LogP contribution in [-0.4, -0.2) is 39.7 Å². The normalized spacial score (nSPS) is 14.0. The maximum Gasteiger partial charge on any atom is 0.289 e. The number of carbonyl (C=O) groups is 3. The summed E-state index contributed by atoms with van der Waals surface area (Å²) in [5.41, 5.74) is 2.11. The molecule has 0 N–H and O–H groups in total. The molecule has 26 heavy (non-hydrogen) atoms. The smallest absolute Gasteiger partial charge is 0.289 e. The maximum atomic E-state index is 12.7. The second kappa shape index (κ2) is 7.93. The quantitative estimate of drug-likeness (QED) is 0.781. The Kier molecular flexibility index (Phi) is 5.64. The van der Waals surface area contributed by atoms with Crippen LogP contribution in [0.3, 0.4) is 0 Å². The maximum absolute atomic E-state index is 12.7. The Morgan fingerprint density at radius 3 is 2.65 bits per heavy atom. The Morgan fingerprint density at radius 2 is 1.96 bits per heavy atom. The third-order valence-corrected chi connectivity index (χ3v) is 5.29. The Bertz CT molecular complexity index is 855. The van der Waals surface area contributed by atoms with Gasteiger partial charge in [0, 0.05) is 24.2 Å². The molecule has 2 aromatic carbocycles. The van der Waals surface area contributed by atoms with Crippen LogP contribution in [0.25, 0.3) is 0 Å². The lowest BCUT2D eigenvalue weighted by atomic mass is 10.1. The van der Waals surface area contributed by atoms with Gasteiger partial charge in [0.15, 0.2) is 0 Å². The van der Waals surface area contributed by atoms with E-state index in [9.17, 15) is 14.4 Å². The van der Waals surface area contributed by atoms with Gasteiger partial charge in [0.25, 0.3) is 11.1 Å². The molecule has 2 aromatic rings. The first-order valence-corrected chi connectivity index (χ1v) is 9.37. The second-order valence-corrected chi connectivity index (χ2v) is 7.32. The zero-order valence-corrected chi connectivity index (χ0v) is 15.7. The monoisotopic (exact) mass is 388 g/mol. The molecule has 5 nitrogen and oxygen atoms in total. The predicted octanol–water partition coefficient (Wildman–Crippen LogP) is 3.81. The lowest BCUT2D eigenvalue weighted by molar-refractivity contribution is -0.125. The van der Waals surface area contributed by atoms with E-state index in [1.165, 1.54) is 4.90 Å². The minimum absolute atomic E-state index is 0.153. The molecule has 3 rings (SSSR count). The highest BCUT2D eigenvalue weighted by Gasteiger charge is 2.29. The first-order valence-electron chi connectivity index (χ1n) is 8.00. The van der Waals surface area contributed by atoms with Gasteiger partial charge < -0.3 is 4.90 Å². The number of amides is 3. The van der Waals surface area contributed by atoms with Crippen LogP contribution in [0.1, 0.15) is 21.5 Å². The largest absolute Gasteiger partial charge is 0.337 e. The fraction of sp³-hybridized carbons (Fsp3) is 0.211. The first-order chi connectivity index (χ1) is 12.5. The van der Waals surface area contributed by atoms with Crippen molar-refractivity contribution in [1.29, 1.82) is 0 Å². The van der Waals surface area contributed by atoms with Crippen LogP contribution < -0.4 is 0 Å². The molecule has 1 aliphatic rings. The number of halogens is 1. The van der Waals surface area contributed by atoms with Crippen molar-refractivity contribution >= 4 is 40.4 Å². The van der Waals surface area contributed by atoms with E-state index in [2.05, 4.69) is 0 Å². The number of carbonyl (C=O) groups excluding carboxylic acids is 3. The average molecular weight is 389 g/mol. The number of benzene rings is 2. The molecule has 7 heteroatoms. The Hall–Kier alpha value is -2.31. The third kappa shape index (κ3) is 4.08. The fourth-order valence-corrected chi connectivity index (χ4v) is 3.61. The van der Waals surface area contributed by atoms with Gasteiger partial charge in [-0.1, -0.05) is 53.7 Å². The van der Waals surface area contributed by atoms with E-state index in [-0.39, 0.29) is 29.4 Å². The van der Waals surface area contributed by atoms with Crippen LogP contribution in [-0.2, 0) is 17.9 Å². The topological polar surface area (TPSA) is 57.7 Å². The number of rotatable bonds is 5.